The molecule has 0 atom stereocenters. The van der Waals surface area contributed by atoms with Crippen molar-refractivity contribution in [1.29, 1.82) is 0 Å². The van der Waals surface area contributed by atoms with Crippen LogP contribution in [0, 0.1) is 0 Å². The van der Waals surface area contributed by atoms with Gasteiger partial charge in [0.05, 0.1) is 11.4 Å². The van der Waals surface area contributed by atoms with Gasteiger partial charge in [-0.05, 0) is 18.1 Å². The lowest BCUT2D eigenvalue weighted by Gasteiger charge is -2.01. The van der Waals surface area contributed by atoms with E-state index in [9.17, 15) is 8.42 Å². The fourth-order valence-electron chi connectivity index (χ4n) is 1.66. The van der Waals surface area contributed by atoms with Gasteiger partial charge in [0, 0.05) is 23.1 Å². The number of hydrogen-bond donors (Lipinski definition) is 0. The summed E-state index contributed by atoms with van der Waals surface area (Å²) in [5, 5.41) is 4.22. The van der Waals surface area contributed by atoms with Crippen LogP contribution in [-0.4, -0.2) is 23.2 Å². The molecular formula is C11H11Cl2N3O2S. The van der Waals surface area contributed by atoms with Gasteiger partial charge >= 0.3 is 0 Å². The Morgan fingerprint density at radius 1 is 1.26 bits per heavy atom. The van der Waals surface area contributed by atoms with E-state index in [1.54, 1.807) is 24.5 Å². The highest BCUT2D eigenvalue weighted by atomic mass is 35.7. The van der Waals surface area contributed by atoms with Crippen LogP contribution < -0.4 is 0 Å². The summed E-state index contributed by atoms with van der Waals surface area (Å²) in [5.74, 6) is -0.121. The number of aromatic nitrogens is 3. The fraction of sp³-hybridized carbons (Fsp3) is 0.273. The molecule has 0 saturated carbocycles. The third kappa shape index (κ3) is 2.75. The minimum absolute atomic E-state index is 0.0232. The molecule has 0 amide bonds. The van der Waals surface area contributed by atoms with E-state index in [0.29, 0.717) is 11.4 Å². The molecule has 2 aromatic rings. The van der Waals surface area contributed by atoms with Crippen molar-refractivity contribution in [1.82, 2.24) is 14.8 Å². The van der Waals surface area contributed by atoms with Crippen molar-refractivity contribution < 1.29 is 8.42 Å². The van der Waals surface area contributed by atoms with Gasteiger partial charge in [0.2, 0.25) is 0 Å². The van der Waals surface area contributed by atoms with E-state index in [0.717, 1.165) is 0 Å². The second kappa shape index (κ2) is 5.11. The molecule has 2 aromatic heterocycles. The van der Waals surface area contributed by atoms with Crippen LogP contribution >= 0.6 is 22.3 Å². The van der Waals surface area contributed by atoms with Crippen molar-refractivity contribution in [2.45, 2.75) is 24.7 Å². The molecule has 0 radical (unpaired) electrons. The quantitative estimate of drug-likeness (QED) is 0.816. The van der Waals surface area contributed by atoms with E-state index < -0.39 is 9.05 Å². The molecule has 0 bridgehead atoms. The molecule has 0 aromatic carbocycles. The van der Waals surface area contributed by atoms with Crippen LogP contribution in [0.15, 0.2) is 29.4 Å². The number of halogens is 2. The molecule has 8 heteroatoms. The zero-order valence-electron chi connectivity index (χ0n) is 10.2. The number of pyridine rings is 1. The average Bonchev–Trinajstić information content (AvgIpc) is 2.68. The van der Waals surface area contributed by atoms with Crippen LogP contribution in [-0.2, 0) is 9.05 Å². The summed E-state index contributed by atoms with van der Waals surface area (Å²) in [5.41, 5.74) is 0.963. The second-order valence-electron chi connectivity index (χ2n) is 4.21. The third-order valence-electron chi connectivity index (χ3n) is 2.51. The van der Waals surface area contributed by atoms with E-state index in [2.05, 4.69) is 10.1 Å². The maximum Gasteiger partial charge on any atom is 0.266 e. The third-order valence-corrected chi connectivity index (χ3v) is 4.33. The highest BCUT2D eigenvalue weighted by Gasteiger charge is 2.28. The first-order valence-corrected chi connectivity index (χ1v) is 8.14. The van der Waals surface area contributed by atoms with Crippen molar-refractivity contribution >= 4 is 31.3 Å². The van der Waals surface area contributed by atoms with Crippen LogP contribution in [0.1, 0.15) is 25.5 Å². The summed E-state index contributed by atoms with van der Waals surface area (Å²) in [6.45, 7) is 3.64. The van der Waals surface area contributed by atoms with Gasteiger partial charge in [-0.25, -0.2) is 13.1 Å². The number of nitrogens with zero attached hydrogens (tertiary/aromatic N) is 3. The highest BCUT2D eigenvalue weighted by molar-refractivity contribution is 8.13. The first-order valence-electron chi connectivity index (χ1n) is 5.46. The second-order valence-corrected chi connectivity index (χ2v) is 7.08. The Balaban J connectivity index is 2.74. The molecule has 5 nitrogen and oxygen atoms in total. The molecule has 0 N–H and O–H groups in total. The summed E-state index contributed by atoms with van der Waals surface area (Å²) < 4.78 is 24.6. The Labute approximate surface area is 120 Å². The Morgan fingerprint density at radius 3 is 2.26 bits per heavy atom. The Bertz CT molecular complexity index is 696. The van der Waals surface area contributed by atoms with Crippen LogP contribution in [0.3, 0.4) is 0 Å². The lowest BCUT2D eigenvalue weighted by atomic mass is 10.1. The molecule has 0 unspecified atom stereocenters. The maximum atomic E-state index is 11.6. The van der Waals surface area contributed by atoms with Gasteiger partial charge in [0.15, 0.2) is 5.15 Å². The lowest BCUT2D eigenvalue weighted by molar-refractivity contribution is 0.607. The first-order chi connectivity index (χ1) is 8.82. The largest absolute Gasteiger partial charge is 0.266 e. The van der Waals surface area contributed by atoms with Gasteiger partial charge in [-0.2, -0.15) is 5.10 Å². The number of hydrogen-bond acceptors (Lipinski definition) is 4. The van der Waals surface area contributed by atoms with Crippen LogP contribution in [0.4, 0.5) is 0 Å². The molecule has 0 spiro atoms. The van der Waals surface area contributed by atoms with E-state index in [1.165, 1.54) is 4.68 Å². The van der Waals surface area contributed by atoms with E-state index in [4.69, 9.17) is 22.3 Å². The van der Waals surface area contributed by atoms with Crippen molar-refractivity contribution in [2.75, 3.05) is 0 Å². The SMILES string of the molecule is CC(C)c1nn(-c2ccncc2)c(Cl)c1S(=O)(=O)Cl. The van der Waals surface area contributed by atoms with Gasteiger partial charge in [0.25, 0.3) is 9.05 Å². The van der Waals surface area contributed by atoms with E-state index in [-0.39, 0.29) is 16.0 Å². The van der Waals surface area contributed by atoms with Crippen molar-refractivity contribution in [3.05, 3.63) is 35.4 Å². The molecule has 0 aliphatic carbocycles. The predicted octanol–water partition coefficient (Wildman–Crippen LogP) is 2.97. The summed E-state index contributed by atoms with van der Waals surface area (Å²) in [6, 6.07) is 3.35. The van der Waals surface area contributed by atoms with E-state index in [1.807, 2.05) is 13.8 Å². The Morgan fingerprint density at radius 2 is 1.84 bits per heavy atom. The Hall–Kier alpha value is -1.11. The number of rotatable bonds is 3. The summed E-state index contributed by atoms with van der Waals surface area (Å²) in [6.07, 6.45) is 3.13. The molecule has 19 heavy (non-hydrogen) atoms. The topological polar surface area (TPSA) is 64.8 Å². The van der Waals surface area contributed by atoms with Gasteiger partial charge in [0.1, 0.15) is 4.90 Å². The molecule has 0 aliphatic rings. The van der Waals surface area contributed by atoms with Crippen molar-refractivity contribution in [3.8, 4) is 5.69 Å². The summed E-state index contributed by atoms with van der Waals surface area (Å²) in [4.78, 5) is 3.75. The molecule has 102 valence electrons. The van der Waals surface area contributed by atoms with Crippen LogP contribution in [0.2, 0.25) is 5.15 Å². The molecule has 0 fully saturated rings. The van der Waals surface area contributed by atoms with Crippen molar-refractivity contribution in [2.24, 2.45) is 0 Å². The average molecular weight is 320 g/mol. The smallest absolute Gasteiger partial charge is 0.265 e. The zero-order chi connectivity index (χ0) is 14.2. The van der Waals surface area contributed by atoms with Crippen LogP contribution in [0.25, 0.3) is 5.69 Å². The molecule has 0 aliphatic heterocycles. The summed E-state index contributed by atoms with van der Waals surface area (Å²) in [7, 11) is 1.48. The van der Waals surface area contributed by atoms with Gasteiger partial charge in [-0.15, -0.1) is 0 Å². The molecule has 2 rings (SSSR count). The highest BCUT2D eigenvalue weighted by Crippen LogP contribution is 2.33. The molecular weight excluding hydrogens is 309 g/mol. The molecule has 0 saturated heterocycles. The monoisotopic (exact) mass is 319 g/mol. The van der Waals surface area contributed by atoms with E-state index >= 15 is 0 Å². The maximum absolute atomic E-state index is 11.6. The standard InChI is InChI=1S/C11H11Cl2N3O2S/c1-7(2)9-10(19(13,17)18)11(12)16(15-9)8-3-5-14-6-4-8/h3-7H,1-2H3. The van der Waals surface area contributed by atoms with Gasteiger partial charge in [-0.3, -0.25) is 4.98 Å². The molecule has 2 heterocycles. The van der Waals surface area contributed by atoms with Gasteiger partial charge < -0.3 is 0 Å². The van der Waals surface area contributed by atoms with Crippen LogP contribution in [0.5, 0.6) is 0 Å². The summed E-state index contributed by atoms with van der Waals surface area (Å²) >= 11 is 6.11. The van der Waals surface area contributed by atoms with Crippen molar-refractivity contribution in [3.63, 3.8) is 0 Å². The predicted molar refractivity (Wildman–Crippen MR) is 73.5 cm³/mol. The fourth-order valence-corrected chi connectivity index (χ4v) is 3.58. The minimum Gasteiger partial charge on any atom is -0.265 e. The lowest BCUT2D eigenvalue weighted by Crippen LogP contribution is -1.98. The minimum atomic E-state index is -3.96. The zero-order valence-corrected chi connectivity index (χ0v) is 12.5. The first kappa shape index (κ1) is 14.3. The van der Waals surface area contributed by atoms with Gasteiger partial charge in [-0.1, -0.05) is 25.4 Å². The normalized spacial score (nSPS) is 12.1. The Kier molecular flexibility index (Phi) is 3.85.